The molecule has 4 rings (SSSR count). The molecule has 1 saturated heterocycles. The molecule has 3 aromatic rings. The van der Waals surface area contributed by atoms with Crippen molar-refractivity contribution in [3.63, 3.8) is 0 Å². The number of halogens is 1. The highest BCUT2D eigenvalue weighted by atomic mass is 19.1. The second-order valence-electron chi connectivity index (χ2n) is 7.09. The molecule has 1 fully saturated rings. The van der Waals surface area contributed by atoms with Crippen molar-refractivity contribution < 1.29 is 14.0 Å². The molecule has 6 nitrogen and oxygen atoms in total. The van der Waals surface area contributed by atoms with Crippen molar-refractivity contribution in [1.82, 2.24) is 14.9 Å². The molecule has 2 aromatic carbocycles. The largest absolute Gasteiger partial charge is 0.343 e. The first-order valence-corrected chi connectivity index (χ1v) is 9.32. The van der Waals surface area contributed by atoms with Gasteiger partial charge in [-0.2, -0.15) is 0 Å². The van der Waals surface area contributed by atoms with E-state index in [-0.39, 0.29) is 23.5 Å². The number of imidazole rings is 1. The standard InChI is InChI=1S/C21H21FN4O2/c1-13(27)26-10-8-15(9-11-26)21(28)23-17-6-7-18-19(12-17)25-20(24-18)14-2-4-16(22)5-3-14/h2-7,12,15H,8-11H2,1H3,(H,23,28)(H,24,25). The number of carbonyl (C=O) groups excluding carboxylic acids is 2. The van der Waals surface area contributed by atoms with E-state index >= 15 is 0 Å². The van der Waals surface area contributed by atoms with E-state index in [4.69, 9.17) is 0 Å². The lowest BCUT2D eigenvalue weighted by molar-refractivity contribution is -0.132. The van der Waals surface area contributed by atoms with Crippen molar-refractivity contribution in [2.45, 2.75) is 19.8 Å². The summed E-state index contributed by atoms with van der Waals surface area (Å²) in [4.78, 5) is 33.5. The number of aromatic amines is 1. The van der Waals surface area contributed by atoms with Gasteiger partial charge in [-0.05, 0) is 55.3 Å². The zero-order chi connectivity index (χ0) is 19.7. The smallest absolute Gasteiger partial charge is 0.227 e. The Hall–Kier alpha value is -3.22. The Kier molecular flexibility index (Phi) is 4.81. The third-order valence-electron chi connectivity index (χ3n) is 5.18. The van der Waals surface area contributed by atoms with Crippen molar-refractivity contribution in [3.05, 3.63) is 48.3 Å². The molecule has 1 aliphatic rings. The number of piperidine rings is 1. The van der Waals surface area contributed by atoms with Crippen molar-refractivity contribution in [2.24, 2.45) is 5.92 Å². The number of benzene rings is 2. The summed E-state index contributed by atoms with van der Waals surface area (Å²) in [5.74, 6) is 0.290. The first kappa shape index (κ1) is 18.2. The minimum absolute atomic E-state index is 0.0270. The summed E-state index contributed by atoms with van der Waals surface area (Å²) in [7, 11) is 0. The Morgan fingerprint density at radius 2 is 1.86 bits per heavy atom. The quantitative estimate of drug-likeness (QED) is 0.729. The summed E-state index contributed by atoms with van der Waals surface area (Å²) in [5, 5.41) is 2.96. The molecule has 0 radical (unpaired) electrons. The van der Waals surface area contributed by atoms with E-state index in [9.17, 15) is 14.0 Å². The van der Waals surface area contributed by atoms with E-state index in [1.807, 2.05) is 18.2 Å². The summed E-state index contributed by atoms with van der Waals surface area (Å²) in [5.41, 5.74) is 3.05. The van der Waals surface area contributed by atoms with Crippen LogP contribution < -0.4 is 5.32 Å². The molecule has 144 valence electrons. The number of anilines is 1. The highest BCUT2D eigenvalue weighted by molar-refractivity contribution is 5.95. The van der Waals surface area contributed by atoms with Crippen LogP contribution in [-0.2, 0) is 9.59 Å². The predicted molar refractivity (Wildman–Crippen MR) is 105 cm³/mol. The van der Waals surface area contributed by atoms with E-state index in [2.05, 4.69) is 15.3 Å². The van der Waals surface area contributed by atoms with Crippen LogP contribution in [0, 0.1) is 11.7 Å². The molecule has 28 heavy (non-hydrogen) atoms. The normalized spacial score (nSPS) is 15.0. The summed E-state index contributed by atoms with van der Waals surface area (Å²) in [6, 6.07) is 11.6. The van der Waals surface area contributed by atoms with Gasteiger partial charge in [0.2, 0.25) is 11.8 Å². The number of hydrogen-bond donors (Lipinski definition) is 2. The van der Waals surface area contributed by atoms with Crippen LogP contribution in [0.15, 0.2) is 42.5 Å². The fourth-order valence-corrected chi connectivity index (χ4v) is 3.53. The lowest BCUT2D eigenvalue weighted by atomic mass is 9.96. The van der Waals surface area contributed by atoms with Gasteiger partial charge < -0.3 is 15.2 Å². The van der Waals surface area contributed by atoms with Crippen LogP contribution in [0.3, 0.4) is 0 Å². The minimum Gasteiger partial charge on any atom is -0.343 e. The third kappa shape index (κ3) is 3.74. The second-order valence-corrected chi connectivity index (χ2v) is 7.09. The van der Waals surface area contributed by atoms with Crippen molar-refractivity contribution >= 4 is 28.5 Å². The van der Waals surface area contributed by atoms with E-state index in [0.29, 0.717) is 37.4 Å². The summed E-state index contributed by atoms with van der Waals surface area (Å²) >= 11 is 0. The van der Waals surface area contributed by atoms with Crippen molar-refractivity contribution in [3.8, 4) is 11.4 Å². The molecule has 1 aliphatic heterocycles. The number of carbonyl (C=O) groups is 2. The van der Waals surface area contributed by atoms with Gasteiger partial charge in [0.1, 0.15) is 11.6 Å². The van der Waals surface area contributed by atoms with Crippen LogP contribution in [0.1, 0.15) is 19.8 Å². The number of nitrogens with one attached hydrogen (secondary N) is 2. The van der Waals surface area contributed by atoms with E-state index < -0.39 is 0 Å². The Morgan fingerprint density at radius 1 is 1.14 bits per heavy atom. The average molecular weight is 380 g/mol. The molecular weight excluding hydrogens is 359 g/mol. The molecule has 1 aromatic heterocycles. The predicted octanol–water partition coefficient (Wildman–Crippen LogP) is 3.57. The zero-order valence-electron chi connectivity index (χ0n) is 15.5. The lowest BCUT2D eigenvalue weighted by Crippen LogP contribution is -2.40. The number of H-pyrrole nitrogens is 1. The Balaban J connectivity index is 1.47. The van der Waals surface area contributed by atoms with Crippen molar-refractivity contribution in [2.75, 3.05) is 18.4 Å². The van der Waals surface area contributed by atoms with Gasteiger partial charge in [0.15, 0.2) is 0 Å². The van der Waals surface area contributed by atoms with Gasteiger partial charge in [-0.25, -0.2) is 9.37 Å². The number of fused-ring (bicyclic) bond motifs is 1. The number of nitrogens with zero attached hydrogens (tertiary/aromatic N) is 2. The van der Waals surface area contributed by atoms with Gasteiger partial charge in [0.25, 0.3) is 0 Å². The van der Waals surface area contributed by atoms with Crippen LogP contribution in [0.2, 0.25) is 0 Å². The second kappa shape index (κ2) is 7.42. The van der Waals surface area contributed by atoms with Gasteiger partial charge in [0, 0.05) is 37.2 Å². The highest BCUT2D eigenvalue weighted by Gasteiger charge is 2.26. The molecule has 0 aliphatic carbocycles. The van der Waals surface area contributed by atoms with Gasteiger partial charge in [-0.15, -0.1) is 0 Å². The zero-order valence-corrected chi connectivity index (χ0v) is 15.5. The molecular formula is C21H21FN4O2. The van der Waals surface area contributed by atoms with Gasteiger partial charge in [-0.1, -0.05) is 0 Å². The molecule has 0 atom stereocenters. The molecule has 7 heteroatoms. The Bertz CT molecular complexity index is 1020. The van der Waals surface area contributed by atoms with Crippen LogP contribution in [0.5, 0.6) is 0 Å². The highest BCUT2D eigenvalue weighted by Crippen LogP contribution is 2.24. The number of hydrogen-bond acceptors (Lipinski definition) is 3. The molecule has 2 amide bonds. The molecule has 2 N–H and O–H groups in total. The SMILES string of the molecule is CC(=O)N1CCC(C(=O)Nc2ccc3nc(-c4ccc(F)cc4)[nH]c3c2)CC1. The van der Waals surface area contributed by atoms with Crippen molar-refractivity contribution in [1.29, 1.82) is 0 Å². The number of likely N-dealkylation sites (tertiary alicyclic amines) is 1. The fourth-order valence-electron chi connectivity index (χ4n) is 3.53. The molecule has 0 unspecified atom stereocenters. The maximum atomic E-state index is 13.1. The maximum absolute atomic E-state index is 13.1. The number of aromatic nitrogens is 2. The van der Waals surface area contributed by atoms with Gasteiger partial charge >= 0.3 is 0 Å². The monoisotopic (exact) mass is 380 g/mol. The fraction of sp³-hybridized carbons (Fsp3) is 0.286. The van der Waals surface area contributed by atoms with Crippen LogP contribution in [-0.4, -0.2) is 39.8 Å². The molecule has 0 saturated carbocycles. The topological polar surface area (TPSA) is 78.1 Å². The van der Waals surface area contributed by atoms with E-state index in [1.165, 1.54) is 12.1 Å². The molecule has 2 heterocycles. The minimum atomic E-state index is -0.293. The third-order valence-corrected chi connectivity index (χ3v) is 5.18. The summed E-state index contributed by atoms with van der Waals surface area (Å²) in [6.07, 6.45) is 1.35. The van der Waals surface area contributed by atoms with Crippen LogP contribution >= 0.6 is 0 Å². The first-order valence-electron chi connectivity index (χ1n) is 9.32. The average Bonchev–Trinajstić information content (AvgIpc) is 3.12. The van der Waals surface area contributed by atoms with E-state index in [0.717, 1.165) is 16.6 Å². The maximum Gasteiger partial charge on any atom is 0.227 e. The van der Waals surface area contributed by atoms with E-state index in [1.54, 1.807) is 24.0 Å². The number of amides is 2. The van der Waals surface area contributed by atoms with Crippen LogP contribution in [0.4, 0.5) is 10.1 Å². The Labute approximate surface area is 161 Å². The summed E-state index contributed by atoms with van der Waals surface area (Å²) in [6.45, 7) is 2.79. The Morgan fingerprint density at radius 3 is 2.54 bits per heavy atom. The lowest BCUT2D eigenvalue weighted by Gasteiger charge is -2.30. The molecule has 0 bridgehead atoms. The number of rotatable bonds is 3. The van der Waals surface area contributed by atoms with Gasteiger partial charge in [0.05, 0.1) is 11.0 Å². The first-order chi connectivity index (χ1) is 13.5. The summed E-state index contributed by atoms with van der Waals surface area (Å²) < 4.78 is 13.1. The van der Waals surface area contributed by atoms with Crippen LogP contribution in [0.25, 0.3) is 22.4 Å². The van der Waals surface area contributed by atoms with Gasteiger partial charge in [-0.3, -0.25) is 9.59 Å². The molecule has 0 spiro atoms.